The van der Waals surface area contributed by atoms with Gasteiger partial charge < -0.3 is 4.98 Å². The molecule has 0 spiro atoms. The number of H-pyrrole nitrogens is 1. The number of aromatic nitrogens is 4. The predicted molar refractivity (Wildman–Crippen MR) is 68.8 cm³/mol. The van der Waals surface area contributed by atoms with Gasteiger partial charge in [-0.1, -0.05) is 13.3 Å². The summed E-state index contributed by atoms with van der Waals surface area (Å²) in [6.45, 7) is 2.05. The van der Waals surface area contributed by atoms with Crippen molar-refractivity contribution in [1.29, 1.82) is 0 Å². The van der Waals surface area contributed by atoms with Gasteiger partial charge in [0, 0.05) is 13.2 Å². The molecule has 0 fully saturated rings. The lowest BCUT2D eigenvalue weighted by molar-refractivity contribution is 0.765. The van der Waals surface area contributed by atoms with E-state index in [0.717, 1.165) is 24.2 Å². The van der Waals surface area contributed by atoms with Crippen molar-refractivity contribution in [1.82, 2.24) is 19.7 Å². The summed E-state index contributed by atoms with van der Waals surface area (Å²) >= 11 is 3.27. The fourth-order valence-corrected chi connectivity index (χ4v) is 2.02. The van der Waals surface area contributed by atoms with E-state index in [0.29, 0.717) is 10.3 Å². The number of nitrogens with one attached hydrogen (secondary N) is 1. The molecule has 0 atom stereocenters. The maximum Gasteiger partial charge on any atom is 0.265 e. The number of aromatic amines is 1. The Morgan fingerprint density at radius 2 is 2.29 bits per heavy atom. The van der Waals surface area contributed by atoms with E-state index >= 15 is 0 Å². The molecule has 0 aliphatic heterocycles. The maximum atomic E-state index is 11.8. The molecule has 2 aromatic rings. The summed E-state index contributed by atoms with van der Waals surface area (Å²) < 4.78 is 2.20. The van der Waals surface area contributed by atoms with Crippen molar-refractivity contribution in [2.45, 2.75) is 19.8 Å². The zero-order chi connectivity index (χ0) is 12.4. The van der Waals surface area contributed by atoms with E-state index in [9.17, 15) is 4.79 Å². The second kappa shape index (κ2) is 4.83. The molecule has 0 bridgehead atoms. The summed E-state index contributed by atoms with van der Waals surface area (Å²) in [7, 11) is 1.82. The van der Waals surface area contributed by atoms with E-state index < -0.39 is 0 Å². The van der Waals surface area contributed by atoms with Gasteiger partial charge in [0.05, 0.1) is 5.69 Å². The van der Waals surface area contributed by atoms with Crippen molar-refractivity contribution in [2.75, 3.05) is 0 Å². The van der Waals surface area contributed by atoms with Crippen LogP contribution < -0.4 is 5.56 Å². The molecule has 0 unspecified atom stereocenters. The number of rotatable bonds is 3. The first-order valence-corrected chi connectivity index (χ1v) is 6.20. The maximum absolute atomic E-state index is 11.8. The van der Waals surface area contributed by atoms with Crippen LogP contribution in [-0.4, -0.2) is 19.7 Å². The molecule has 0 aliphatic rings. The standard InChI is InChI=1S/C11H13BrN4O/c1-3-4-7-9(12)11(17)15-10(14-7)8-5-6-13-16(8)2/h5-6H,3-4H2,1-2H3,(H,14,15,17). The Hall–Kier alpha value is -1.43. The van der Waals surface area contributed by atoms with Crippen molar-refractivity contribution in [2.24, 2.45) is 7.05 Å². The van der Waals surface area contributed by atoms with Gasteiger partial charge in [0.2, 0.25) is 0 Å². The van der Waals surface area contributed by atoms with E-state index in [1.807, 2.05) is 13.1 Å². The molecule has 90 valence electrons. The molecular formula is C11H13BrN4O. The Labute approximate surface area is 107 Å². The molecule has 0 amide bonds. The van der Waals surface area contributed by atoms with E-state index in [-0.39, 0.29) is 5.56 Å². The van der Waals surface area contributed by atoms with Crippen LogP contribution in [0.4, 0.5) is 0 Å². The third kappa shape index (κ3) is 2.31. The first-order valence-electron chi connectivity index (χ1n) is 5.40. The SMILES string of the molecule is CCCc1nc(-c2ccnn2C)[nH]c(=O)c1Br. The highest BCUT2D eigenvalue weighted by molar-refractivity contribution is 9.10. The molecule has 0 radical (unpaired) electrons. The first-order chi connectivity index (χ1) is 8.13. The van der Waals surface area contributed by atoms with Crippen molar-refractivity contribution in [3.63, 3.8) is 0 Å². The lowest BCUT2D eigenvalue weighted by atomic mass is 10.2. The third-order valence-electron chi connectivity index (χ3n) is 2.48. The van der Waals surface area contributed by atoms with Crippen molar-refractivity contribution in [3.05, 3.63) is 32.8 Å². The topological polar surface area (TPSA) is 63.6 Å². The Bertz CT molecular complexity index is 587. The number of nitrogens with zero attached hydrogens (tertiary/aromatic N) is 3. The summed E-state index contributed by atoms with van der Waals surface area (Å²) in [6, 6.07) is 1.82. The van der Waals surface area contributed by atoms with Gasteiger partial charge in [0.25, 0.3) is 5.56 Å². The normalized spacial score (nSPS) is 10.8. The minimum absolute atomic E-state index is 0.153. The molecule has 1 N–H and O–H groups in total. The van der Waals surface area contributed by atoms with E-state index in [1.165, 1.54) is 0 Å². The fourth-order valence-electron chi connectivity index (χ4n) is 1.64. The lowest BCUT2D eigenvalue weighted by Crippen LogP contribution is -2.14. The highest BCUT2D eigenvalue weighted by Gasteiger charge is 2.11. The summed E-state index contributed by atoms with van der Waals surface area (Å²) in [6.07, 6.45) is 3.39. The Kier molecular flexibility index (Phi) is 3.42. The van der Waals surface area contributed by atoms with E-state index in [2.05, 4.69) is 37.9 Å². The van der Waals surface area contributed by atoms with Crippen molar-refractivity contribution in [3.8, 4) is 11.5 Å². The molecule has 2 heterocycles. The molecular weight excluding hydrogens is 284 g/mol. The first kappa shape index (κ1) is 12.0. The number of hydrogen-bond donors (Lipinski definition) is 1. The molecule has 0 saturated heterocycles. The smallest absolute Gasteiger partial charge is 0.265 e. The molecule has 0 aromatic carbocycles. The van der Waals surface area contributed by atoms with E-state index in [4.69, 9.17) is 0 Å². The van der Waals surface area contributed by atoms with Crippen LogP contribution in [0.2, 0.25) is 0 Å². The monoisotopic (exact) mass is 296 g/mol. The zero-order valence-corrected chi connectivity index (χ0v) is 11.3. The van der Waals surface area contributed by atoms with Crippen LogP contribution in [0, 0.1) is 0 Å². The van der Waals surface area contributed by atoms with Crippen LogP contribution in [0.1, 0.15) is 19.0 Å². The highest BCUT2D eigenvalue weighted by Crippen LogP contribution is 2.16. The van der Waals surface area contributed by atoms with Crippen LogP contribution in [0.15, 0.2) is 21.5 Å². The number of halogens is 1. The molecule has 6 heteroatoms. The van der Waals surface area contributed by atoms with Crippen LogP contribution in [0.25, 0.3) is 11.5 Å². The van der Waals surface area contributed by atoms with Gasteiger partial charge >= 0.3 is 0 Å². The minimum atomic E-state index is -0.153. The second-order valence-electron chi connectivity index (χ2n) is 3.77. The van der Waals surface area contributed by atoms with Gasteiger partial charge in [-0.2, -0.15) is 5.10 Å². The minimum Gasteiger partial charge on any atom is -0.304 e. The third-order valence-corrected chi connectivity index (χ3v) is 3.30. The largest absolute Gasteiger partial charge is 0.304 e. The van der Waals surface area contributed by atoms with Gasteiger partial charge in [0.1, 0.15) is 10.2 Å². The van der Waals surface area contributed by atoms with Crippen molar-refractivity contribution >= 4 is 15.9 Å². The average molecular weight is 297 g/mol. The molecule has 2 rings (SSSR count). The summed E-state index contributed by atoms with van der Waals surface area (Å²) in [5, 5.41) is 4.06. The van der Waals surface area contributed by atoms with Gasteiger partial charge in [-0.15, -0.1) is 0 Å². The zero-order valence-electron chi connectivity index (χ0n) is 9.70. The molecule has 2 aromatic heterocycles. The molecule has 17 heavy (non-hydrogen) atoms. The molecule has 0 saturated carbocycles. The van der Waals surface area contributed by atoms with Crippen LogP contribution >= 0.6 is 15.9 Å². The van der Waals surface area contributed by atoms with Crippen LogP contribution in [0.3, 0.4) is 0 Å². The van der Waals surface area contributed by atoms with Gasteiger partial charge in [-0.05, 0) is 28.4 Å². The quantitative estimate of drug-likeness (QED) is 0.941. The molecule has 0 aliphatic carbocycles. The summed E-state index contributed by atoms with van der Waals surface area (Å²) in [5.41, 5.74) is 1.43. The Morgan fingerprint density at radius 1 is 1.53 bits per heavy atom. The average Bonchev–Trinajstić information content (AvgIpc) is 2.71. The Balaban J connectivity index is 2.57. The van der Waals surface area contributed by atoms with Gasteiger partial charge in [0.15, 0.2) is 5.82 Å². The molecule has 5 nitrogen and oxygen atoms in total. The highest BCUT2D eigenvalue weighted by atomic mass is 79.9. The predicted octanol–water partition coefficient (Wildman–Crippen LogP) is 1.89. The van der Waals surface area contributed by atoms with E-state index in [1.54, 1.807) is 10.9 Å². The van der Waals surface area contributed by atoms with Gasteiger partial charge in [-0.3, -0.25) is 9.48 Å². The number of hydrogen-bond acceptors (Lipinski definition) is 3. The summed E-state index contributed by atoms with van der Waals surface area (Å²) in [4.78, 5) is 19.0. The lowest BCUT2D eigenvalue weighted by Gasteiger charge is -2.05. The number of aryl methyl sites for hydroxylation is 2. The Morgan fingerprint density at radius 3 is 2.88 bits per heavy atom. The van der Waals surface area contributed by atoms with Crippen molar-refractivity contribution < 1.29 is 0 Å². The summed E-state index contributed by atoms with van der Waals surface area (Å²) in [5.74, 6) is 0.557. The van der Waals surface area contributed by atoms with Gasteiger partial charge in [-0.25, -0.2) is 4.98 Å². The second-order valence-corrected chi connectivity index (χ2v) is 4.56. The van der Waals surface area contributed by atoms with Crippen LogP contribution in [0.5, 0.6) is 0 Å². The van der Waals surface area contributed by atoms with Crippen LogP contribution in [-0.2, 0) is 13.5 Å². The fraction of sp³-hybridized carbons (Fsp3) is 0.364.